The molecule has 0 amide bonds. The number of rotatable bonds is 4. The second kappa shape index (κ2) is 6.87. The van der Waals surface area contributed by atoms with Crippen LogP contribution in [0.15, 0.2) is 18.2 Å². The first-order chi connectivity index (χ1) is 9.22. The average Bonchev–Trinajstić information content (AvgIpc) is 2.59. The van der Waals surface area contributed by atoms with Gasteiger partial charge in [0.25, 0.3) is 0 Å². The van der Waals surface area contributed by atoms with Crippen molar-refractivity contribution >= 4 is 0 Å². The molecule has 3 nitrogen and oxygen atoms in total. The third kappa shape index (κ3) is 3.67. The fraction of sp³-hybridized carbons (Fsp3) is 0.600. The highest BCUT2D eigenvalue weighted by molar-refractivity contribution is 5.35. The van der Waals surface area contributed by atoms with Crippen LogP contribution in [0.5, 0.6) is 5.75 Å². The minimum absolute atomic E-state index is 0.280. The van der Waals surface area contributed by atoms with Gasteiger partial charge in [-0.1, -0.05) is 25.0 Å². The Morgan fingerprint density at radius 3 is 2.89 bits per heavy atom. The van der Waals surface area contributed by atoms with Crippen LogP contribution >= 0.6 is 0 Å². The van der Waals surface area contributed by atoms with E-state index in [1.54, 1.807) is 6.07 Å². The molecule has 1 aromatic carbocycles. The minimum atomic E-state index is -0.496. The monoisotopic (exact) mass is 267 g/mol. The van der Waals surface area contributed by atoms with E-state index in [0.29, 0.717) is 6.54 Å². The molecular formula is C15H22FNO2. The van der Waals surface area contributed by atoms with Crippen LogP contribution < -0.4 is 10.1 Å². The topological polar surface area (TPSA) is 41.5 Å². The predicted octanol–water partition coefficient (Wildman–Crippen LogP) is 2.62. The zero-order valence-electron chi connectivity index (χ0n) is 11.4. The fourth-order valence-corrected chi connectivity index (χ4v) is 2.56. The Morgan fingerprint density at radius 1 is 1.32 bits per heavy atom. The lowest BCUT2D eigenvalue weighted by atomic mass is 10.1. The van der Waals surface area contributed by atoms with E-state index in [9.17, 15) is 9.50 Å². The lowest BCUT2D eigenvalue weighted by Gasteiger charge is -2.23. The van der Waals surface area contributed by atoms with E-state index < -0.39 is 6.10 Å². The van der Waals surface area contributed by atoms with Crippen molar-refractivity contribution in [2.75, 3.05) is 7.05 Å². The number of ether oxygens (including phenoxy) is 1. The third-order valence-corrected chi connectivity index (χ3v) is 3.60. The first kappa shape index (κ1) is 14.3. The first-order valence-electron chi connectivity index (χ1n) is 6.99. The van der Waals surface area contributed by atoms with Crippen molar-refractivity contribution in [1.29, 1.82) is 0 Å². The van der Waals surface area contributed by atoms with Gasteiger partial charge in [-0.15, -0.1) is 0 Å². The second-order valence-corrected chi connectivity index (χ2v) is 5.12. The molecule has 0 heterocycles. The number of halogens is 1. The Labute approximate surface area is 113 Å². The lowest BCUT2D eigenvalue weighted by molar-refractivity contribution is 0.0291. The summed E-state index contributed by atoms with van der Waals surface area (Å²) < 4.78 is 19.7. The number of para-hydroxylation sites is 1. The Hall–Kier alpha value is -1.13. The number of aliphatic hydroxyl groups is 1. The molecule has 0 aromatic heterocycles. The fourth-order valence-electron chi connectivity index (χ4n) is 2.56. The van der Waals surface area contributed by atoms with Gasteiger partial charge in [0.1, 0.15) is 6.10 Å². The molecule has 2 rings (SSSR count). The molecule has 1 fully saturated rings. The van der Waals surface area contributed by atoms with Gasteiger partial charge in [0.2, 0.25) is 0 Å². The highest BCUT2D eigenvalue weighted by Gasteiger charge is 2.25. The molecule has 1 aliphatic carbocycles. The average molecular weight is 267 g/mol. The number of benzene rings is 1. The summed E-state index contributed by atoms with van der Waals surface area (Å²) in [5.74, 6) is -0.0769. The normalized spacial score (nSPS) is 23.9. The molecule has 0 spiro atoms. The van der Waals surface area contributed by atoms with Crippen LogP contribution in [0.4, 0.5) is 4.39 Å². The SMILES string of the molecule is CNCc1cccc(F)c1OC1CCCCCC1O. The van der Waals surface area contributed by atoms with Gasteiger partial charge >= 0.3 is 0 Å². The van der Waals surface area contributed by atoms with Gasteiger partial charge in [0, 0.05) is 12.1 Å². The van der Waals surface area contributed by atoms with E-state index in [1.807, 2.05) is 13.1 Å². The smallest absolute Gasteiger partial charge is 0.165 e. The number of hydrogen-bond donors (Lipinski definition) is 2. The van der Waals surface area contributed by atoms with Crippen LogP contribution in [0.2, 0.25) is 0 Å². The van der Waals surface area contributed by atoms with E-state index in [-0.39, 0.29) is 17.7 Å². The molecule has 19 heavy (non-hydrogen) atoms. The van der Waals surface area contributed by atoms with Crippen LogP contribution in [-0.2, 0) is 6.54 Å². The number of aliphatic hydroxyl groups excluding tert-OH is 1. The molecule has 2 atom stereocenters. The van der Waals surface area contributed by atoms with Gasteiger partial charge in [-0.05, 0) is 32.4 Å². The van der Waals surface area contributed by atoms with Crippen LogP contribution in [0, 0.1) is 5.82 Å². The second-order valence-electron chi connectivity index (χ2n) is 5.12. The highest BCUT2D eigenvalue weighted by atomic mass is 19.1. The molecule has 1 aromatic rings. The lowest BCUT2D eigenvalue weighted by Crippen LogP contribution is -2.31. The van der Waals surface area contributed by atoms with Gasteiger partial charge in [-0.2, -0.15) is 0 Å². The molecule has 2 N–H and O–H groups in total. The Bertz CT molecular complexity index is 411. The van der Waals surface area contributed by atoms with Crippen molar-refractivity contribution in [3.8, 4) is 5.75 Å². The highest BCUT2D eigenvalue weighted by Crippen LogP contribution is 2.28. The minimum Gasteiger partial charge on any atom is -0.484 e. The van der Waals surface area contributed by atoms with Crippen LogP contribution in [-0.4, -0.2) is 24.4 Å². The van der Waals surface area contributed by atoms with Crippen LogP contribution in [0.1, 0.15) is 37.7 Å². The van der Waals surface area contributed by atoms with Crippen molar-refractivity contribution in [2.45, 2.75) is 50.9 Å². The zero-order valence-corrected chi connectivity index (χ0v) is 11.4. The van der Waals surface area contributed by atoms with Crippen LogP contribution in [0.3, 0.4) is 0 Å². The number of hydrogen-bond acceptors (Lipinski definition) is 3. The van der Waals surface area contributed by atoms with Gasteiger partial charge in [-0.3, -0.25) is 0 Å². The van der Waals surface area contributed by atoms with E-state index in [1.165, 1.54) is 6.07 Å². The summed E-state index contributed by atoms with van der Waals surface area (Å²) in [6.07, 6.45) is 3.88. The largest absolute Gasteiger partial charge is 0.484 e. The Morgan fingerprint density at radius 2 is 2.11 bits per heavy atom. The molecule has 0 bridgehead atoms. The molecule has 1 aliphatic rings. The molecule has 106 valence electrons. The zero-order chi connectivity index (χ0) is 13.7. The molecular weight excluding hydrogens is 245 g/mol. The first-order valence-corrected chi connectivity index (χ1v) is 6.99. The maximum absolute atomic E-state index is 13.9. The van der Waals surface area contributed by atoms with Crippen molar-refractivity contribution < 1.29 is 14.2 Å². The summed E-state index contributed by atoms with van der Waals surface area (Å²) in [5.41, 5.74) is 0.791. The summed E-state index contributed by atoms with van der Waals surface area (Å²) in [5, 5.41) is 13.1. The van der Waals surface area contributed by atoms with Gasteiger partial charge in [0.05, 0.1) is 6.10 Å². The molecule has 2 unspecified atom stereocenters. The van der Waals surface area contributed by atoms with Gasteiger partial charge in [-0.25, -0.2) is 4.39 Å². The predicted molar refractivity (Wildman–Crippen MR) is 72.7 cm³/mol. The molecule has 4 heteroatoms. The van der Waals surface area contributed by atoms with Crippen molar-refractivity contribution in [1.82, 2.24) is 5.32 Å². The quantitative estimate of drug-likeness (QED) is 0.824. The summed E-state index contributed by atoms with van der Waals surface area (Å²) in [7, 11) is 1.81. The van der Waals surface area contributed by atoms with E-state index >= 15 is 0 Å². The van der Waals surface area contributed by atoms with Gasteiger partial charge in [0.15, 0.2) is 11.6 Å². The molecule has 1 saturated carbocycles. The van der Waals surface area contributed by atoms with Crippen LogP contribution in [0.25, 0.3) is 0 Å². The summed E-state index contributed by atoms with van der Waals surface area (Å²) in [6.45, 7) is 0.551. The maximum Gasteiger partial charge on any atom is 0.165 e. The van der Waals surface area contributed by atoms with Crippen molar-refractivity contribution in [3.05, 3.63) is 29.6 Å². The van der Waals surface area contributed by atoms with E-state index in [4.69, 9.17) is 4.74 Å². The summed E-state index contributed by atoms with van der Waals surface area (Å²) in [6, 6.07) is 4.92. The Kier molecular flexibility index (Phi) is 5.16. The maximum atomic E-state index is 13.9. The molecule has 0 aliphatic heterocycles. The molecule has 0 saturated heterocycles. The number of nitrogens with one attached hydrogen (secondary N) is 1. The molecule has 0 radical (unpaired) electrons. The Balaban J connectivity index is 2.16. The third-order valence-electron chi connectivity index (χ3n) is 3.60. The van der Waals surface area contributed by atoms with Crippen molar-refractivity contribution in [3.63, 3.8) is 0 Å². The van der Waals surface area contributed by atoms with E-state index in [0.717, 1.165) is 37.7 Å². The van der Waals surface area contributed by atoms with Gasteiger partial charge < -0.3 is 15.2 Å². The van der Waals surface area contributed by atoms with E-state index in [2.05, 4.69) is 5.32 Å². The summed E-state index contributed by atoms with van der Waals surface area (Å²) >= 11 is 0. The standard InChI is InChI=1S/C15H22FNO2/c1-17-10-11-6-5-7-12(16)15(11)19-14-9-4-2-3-8-13(14)18/h5-7,13-14,17-18H,2-4,8-10H2,1H3. The van der Waals surface area contributed by atoms with Crippen molar-refractivity contribution in [2.24, 2.45) is 0 Å². The summed E-state index contributed by atoms with van der Waals surface area (Å²) in [4.78, 5) is 0.